The Morgan fingerprint density at radius 1 is 1.19 bits per heavy atom. The average Bonchev–Trinajstić information content (AvgIpc) is 2.27. The number of hydrogen-bond donors (Lipinski definition) is 1. The van der Waals surface area contributed by atoms with Gasteiger partial charge in [-0.05, 0) is 48.7 Å². The molecule has 82 valence electrons. The Labute approximate surface area is 104 Å². The van der Waals surface area contributed by atoms with Gasteiger partial charge in [0.25, 0.3) is 0 Å². The lowest BCUT2D eigenvalue weighted by atomic mass is 10.3. The third kappa shape index (κ3) is 3.15. The topological polar surface area (TPSA) is 24.9 Å². The van der Waals surface area contributed by atoms with Crippen LogP contribution in [0.4, 0.5) is 5.82 Å². The summed E-state index contributed by atoms with van der Waals surface area (Å²) in [5, 5.41) is 0.510. The first-order chi connectivity index (χ1) is 7.74. The predicted octanol–water partition coefficient (Wildman–Crippen LogP) is 4.16. The molecule has 0 atom stereocenters. The maximum Gasteiger partial charge on any atom is 0.138 e. The monoisotopic (exact) mass is 250 g/mol. The molecule has 1 heterocycles. The standard InChI is InChI=1S/C12H11ClN2S/c1-9-7-11(13)14-12(8-9)15-16-10-5-3-2-4-6-10/h2-8H,1H3,(H,14,15). The van der Waals surface area contributed by atoms with Gasteiger partial charge in [-0.2, -0.15) is 0 Å². The average molecular weight is 251 g/mol. The number of halogens is 1. The van der Waals surface area contributed by atoms with Crippen molar-refractivity contribution in [1.29, 1.82) is 0 Å². The summed E-state index contributed by atoms with van der Waals surface area (Å²) in [5.74, 6) is 0.777. The molecule has 2 aromatic rings. The van der Waals surface area contributed by atoms with E-state index in [1.807, 2.05) is 49.4 Å². The van der Waals surface area contributed by atoms with Gasteiger partial charge in [-0.25, -0.2) is 4.98 Å². The number of rotatable bonds is 3. The second-order valence-corrected chi connectivity index (χ2v) is 4.64. The van der Waals surface area contributed by atoms with Crippen LogP contribution in [0.3, 0.4) is 0 Å². The van der Waals surface area contributed by atoms with Gasteiger partial charge in [0.05, 0.1) is 0 Å². The van der Waals surface area contributed by atoms with E-state index < -0.39 is 0 Å². The minimum absolute atomic E-state index is 0.510. The molecule has 0 aliphatic carbocycles. The molecule has 0 aliphatic heterocycles. The van der Waals surface area contributed by atoms with Gasteiger partial charge in [0.1, 0.15) is 11.0 Å². The van der Waals surface area contributed by atoms with E-state index in [1.54, 1.807) is 0 Å². The van der Waals surface area contributed by atoms with Crippen molar-refractivity contribution in [3.05, 3.63) is 53.2 Å². The normalized spacial score (nSPS) is 10.1. The van der Waals surface area contributed by atoms with Crippen LogP contribution in [0.5, 0.6) is 0 Å². The summed E-state index contributed by atoms with van der Waals surface area (Å²) in [6.07, 6.45) is 0. The number of aromatic nitrogens is 1. The number of nitrogens with one attached hydrogen (secondary N) is 1. The molecule has 1 aromatic heterocycles. The first kappa shape index (κ1) is 11.3. The molecule has 0 radical (unpaired) electrons. The van der Waals surface area contributed by atoms with Crippen LogP contribution in [0.25, 0.3) is 0 Å². The van der Waals surface area contributed by atoms with Crippen molar-refractivity contribution in [2.75, 3.05) is 4.72 Å². The molecule has 0 aliphatic rings. The predicted molar refractivity (Wildman–Crippen MR) is 69.9 cm³/mol. The van der Waals surface area contributed by atoms with Gasteiger partial charge < -0.3 is 4.72 Å². The Morgan fingerprint density at radius 3 is 2.62 bits per heavy atom. The number of pyridine rings is 1. The summed E-state index contributed by atoms with van der Waals surface area (Å²) < 4.78 is 3.16. The van der Waals surface area contributed by atoms with Gasteiger partial charge in [0, 0.05) is 4.90 Å². The fraction of sp³-hybridized carbons (Fsp3) is 0.0833. The molecular weight excluding hydrogens is 240 g/mol. The fourth-order valence-corrected chi connectivity index (χ4v) is 2.16. The summed E-state index contributed by atoms with van der Waals surface area (Å²) >= 11 is 7.39. The lowest BCUT2D eigenvalue weighted by Crippen LogP contribution is -1.91. The van der Waals surface area contributed by atoms with E-state index in [2.05, 4.69) is 9.71 Å². The highest BCUT2D eigenvalue weighted by Crippen LogP contribution is 2.21. The van der Waals surface area contributed by atoms with Crippen LogP contribution < -0.4 is 4.72 Å². The number of aryl methyl sites for hydroxylation is 1. The molecule has 0 fully saturated rings. The van der Waals surface area contributed by atoms with E-state index in [9.17, 15) is 0 Å². The zero-order chi connectivity index (χ0) is 11.4. The van der Waals surface area contributed by atoms with E-state index in [1.165, 1.54) is 11.9 Å². The van der Waals surface area contributed by atoms with Gasteiger partial charge in [0.2, 0.25) is 0 Å². The van der Waals surface area contributed by atoms with Gasteiger partial charge in [-0.15, -0.1) is 0 Å². The highest BCUT2D eigenvalue weighted by Gasteiger charge is 1.99. The highest BCUT2D eigenvalue weighted by molar-refractivity contribution is 8.00. The van der Waals surface area contributed by atoms with Gasteiger partial charge in [-0.1, -0.05) is 29.8 Å². The first-order valence-electron chi connectivity index (χ1n) is 4.86. The van der Waals surface area contributed by atoms with Gasteiger partial charge in [0.15, 0.2) is 0 Å². The number of anilines is 1. The van der Waals surface area contributed by atoms with E-state index in [0.29, 0.717) is 5.15 Å². The van der Waals surface area contributed by atoms with E-state index >= 15 is 0 Å². The Hall–Kier alpha value is -1.19. The first-order valence-corrected chi connectivity index (χ1v) is 6.05. The zero-order valence-corrected chi connectivity index (χ0v) is 10.3. The molecule has 0 saturated carbocycles. The maximum atomic E-state index is 5.87. The fourth-order valence-electron chi connectivity index (χ4n) is 1.28. The van der Waals surface area contributed by atoms with Crippen LogP contribution >= 0.6 is 23.5 Å². The minimum Gasteiger partial charge on any atom is -0.310 e. The number of benzene rings is 1. The van der Waals surface area contributed by atoms with Crippen molar-refractivity contribution < 1.29 is 0 Å². The summed E-state index contributed by atoms with van der Waals surface area (Å²) in [4.78, 5) is 5.32. The highest BCUT2D eigenvalue weighted by atomic mass is 35.5. The summed E-state index contributed by atoms with van der Waals surface area (Å²) in [7, 11) is 0. The van der Waals surface area contributed by atoms with Crippen molar-refractivity contribution >= 4 is 29.4 Å². The van der Waals surface area contributed by atoms with Crippen molar-refractivity contribution in [1.82, 2.24) is 4.98 Å². The van der Waals surface area contributed by atoms with Crippen LogP contribution in [0.15, 0.2) is 47.4 Å². The molecular formula is C12H11ClN2S. The molecule has 4 heteroatoms. The van der Waals surface area contributed by atoms with Crippen LogP contribution in [0, 0.1) is 6.92 Å². The molecule has 0 amide bonds. The quantitative estimate of drug-likeness (QED) is 0.654. The molecule has 1 aromatic carbocycles. The second kappa shape index (κ2) is 5.23. The molecule has 0 saturated heterocycles. The Balaban J connectivity index is 2.05. The lowest BCUT2D eigenvalue weighted by molar-refractivity contribution is 1.29. The molecule has 2 nitrogen and oxygen atoms in total. The minimum atomic E-state index is 0.510. The van der Waals surface area contributed by atoms with Crippen molar-refractivity contribution in [2.45, 2.75) is 11.8 Å². The molecule has 0 spiro atoms. The summed E-state index contributed by atoms with van der Waals surface area (Å²) in [6.45, 7) is 1.99. The van der Waals surface area contributed by atoms with Crippen molar-refractivity contribution in [2.24, 2.45) is 0 Å². The number of nitrogens with zero attached hydrogens (tertiary/aromatic N) is 1. The van der Waals surface area contributed by atoms with Crippen LogP contribution in [-0.2, 0) is 0 Å². The zero-order valence-electron chi connectivity index (χ0n) is 8.77. The Morgan fingerprint density at radius 2 is 1.94 bits per heavy atom. The van der Waals surface area contributed by atoms with Gasteiger partial charge in [-0.3, -0.25) is 0 Å². The molecule has 2 rings (SSSR count). The SMILES string of the molecule is Cc1cc(Cl)nc(NSc2ccccc2)c1. The third-order valence-electron chi connectivity index (χ3n) is 1.96. The largest absolute Gasteiger partial charge is 0.310 e. The summed E-state index contributed by atoms with van der Waals surface area (Å²) in [6, 6.07) is 13.9. The molecule has 0 unspecified atom stereocenters. The van der Waals surface area contributed by atoms with Crippen LogP contribution in [0.1, 0.15) is 5.56 Å². The smallest absolute Gasteiger partial charge is 0.138 e. The van der Waals surface area contributed by atoms with E-state index in [-0.39, 0.29) is 0 Å². The summed E-state index contributed by atoms with van der Waals surface area (Å²) in [5.41, 5.74) is 1.09. The maximum absolute atomic E-state index is 5.87. The third-order valence-corrected chi connectivity index (χ3v) is 2.97. The molecule has 1 N–H and O–H groups in total. The Bertz CT molecular complexity index is 453. The molecule has 16 heavy (non-hydrogen) atoms. The lowest BCUT2D eigenvalue weighted by Gasteiger charge is -2.05. The number of hydrogen-bond acceptors (Lipinski definition) is 3. The van der Waals surface area contributed by atoms with Crippen LogP contribution in [0.2, 0.25) is 5.15 Å². The van der Waals surface area contributed by atoms with Crippen molar-refractivity contribution in [3.8, 4) is 0 Å². The molecule has 0 bridgehead atoms. The Kier molecular flexibility index (Phi) is 3.70. The van der Waals surface area contributed by atoms with Crippen molar-refractivity contribution in [3.63, 3.8) is 0 Å². The van der Waals surface area contributed by atoms with Gasteiger partial charge >= 0.3 is 0 Å². The van der Waals surface area contributed by atoms with E-state index in [0.717, 1.165) is 16.3 Å². The van der Waals surface area contributed by atoms with Crippen LogP contribution in [-0.4, -0.2) is 4.98 Å². The van der Waals surface area contributed by atoms with E-state index in [4.69, 9.17) is 11.6 Å². The second-order valence-electron chi connectivity index (χ2n) is 3.37.